The van der Waals surface area contributed by atoms with Gasteiger partial charge in [-0.25, -0.2) is 4.98 Å². The predicted molar refractivity (Wildman–Crippen MR) is 96.8 cm³/mol. The van der Waals surface area contributed by atoms with Crippen LogP contribution in [0.15, 0.2) is 18.6 Å². The van der Waals surface area contributed by atoms with Gasteiger partial charge in [0.2, 0.25) is 0 Å². The number of nitrogens with one attached hydrogen (secondary N) is 2. The molecule has 1 amide bonds. The van der Waals surface area contributed by atoms with E-state index in [1.54, 1.807) is 17.7 Å². The van der Waals surface area contributed by atoms with Crippen molar-refractivity contribution in [3.63, 3.8) is 0 Å². The van der Waals surface area contributed by atoms with Crippen molar-refractivity contribution in [1.82, 2.24) is 20.2 Å². The van der Waals surface area contributed by atoms with Gasteiger partial charge in [0.15, 0.2) is 0 Å². The number of thiophene rings is 1. The van der Waals surface area contributed by atoms with Gasteiger partial charge in [-0.2, -0.15) is 0 Å². The molecule has 0 aromatic carbocycles. The maximum atomic E-state index is 12.6. The normalized spacial score (nSPS) is 18.9. The highest BCUT2D eigenvalue weighted by Gasteiger charge is 2.40. The molecule has 1 saturated heterocycles. The lowest BCUT2D eigenvalue weighted by Gasteiger charge is -2.40. The summed E-state index contributed by atoms with van der Waals surface area (Å²) in [6.07, 6.45) is 6.63. The first-order chi connectivity index (χ1) is 12.2. The van der Waals surface area contributed by atoms with Crippen molar-refractivity contribution in [3.05, 3.63) is 39.6 Å². The summed E-state index contributed by atoms with van der Waals surface area (Å²) in [4.78, 5) is 19.0. The number of nitrogens with zero attached hydrogens (tertiary/aromatic N) is 2. The highest BCUT2D eigenvalue weighted by atomic mass is 32.1. The maximum absolute atomic E-state index is 12.6. The van der Waals surface area contributed by atoms with Gasteiger partial charge in [0, 0.05) is 24.0 Å². The van der Waals surface area contributed by atoms with Crippen LogP contribution in [0.2, 0.25) is 0 Å². The minimum Gasteiger partial charge on any atom is -0.370 e. The van der Waals surface area contributed by atoms with Crippen LogP contribution >= 0.6 is 11.3 Å². The molecule has 1 spiro atoms. The second kappa shape index (κ2) is 6.90. The van der Waals surface area contributed by atoms with Crippen molar-refractivity contribution in [2.24, 2.45) is 0 Å². The molecule has 4 rings (SSSR count). The van der Waals surface area contributed by atoms with Gasteiger partial charge in [-0.05, 0) is 44.5 Å². The van der Waals surface area contributed by atoms with Crippen LogP contribution < -0.4 is 10.6 Å². The summed E-state index contributed by atoms with van der Waals surface area (Å²) in [6, 6.07) is 2.06. The molecule has 4 heterocycles. The van der Waals surface area contributed by atoms with Crippen molar-refractivity contribution in [1.29, 1.82) is 0 Å². The number of aromatic nitrogens is 2. The SMILES string of the molecule is CCn1cnc(CNC(=O)c2cc3c(s2)CCOC32CCNCC2)c1. The summed E-state index contributed by atoms with van der Waals surface area (Å²) in [6.45, 7) is 6.10. The van der Waals surface area contributed by atoms with E-state index in [4.69, 9.17) is 4.74 Å². The molecule has 0 radical (unpaired) electrons. The summed E-state index contributed by atoms with van der Waals surface area (Å²) in [5, 5.41) is 6.39. The van der Waals surface area contributed by atoms with Crippen molar-refractivity contribution in [2.75, 3.05) is 19.7 Å². The Hall–Kier alpha value is -1.70. The summed E-state index contributed by atoms with van der Waals surface area (Å²) in [5.41, 5.74) is 1.94. The molecule has 25 heavy (non-hydrogen) atoms. The number of hydrogen-bond donors (Lipinski definition) is 2. The number of amides is 1. The van der Waals surface area contributed by atoms with Crippen LogP contribution in [0.25, 0.3) is 0 Å². The number of fused-ring (bicyclic) bond motifs is 2. The number of ether oxygens (including phenoxy) is 1. The Balaban J connectivity index is 1.48. The molecule has 1 fully saturated rings. The number of imidazole rings is 1. The number of hydrogen-bond acceptors (Lipinski definition) is 5. The largest absolute Gasteiger partial charge is 0.370 e. The van der Waals surface area contributed by atoms with E-state index >= 15 is 0 Å². The smallest absolute Gasteiger partial charge is 0.261 e. The Bertz CT molecular complexity index is 761. The van der Waals surface area contributed by atoms with Gasteiger partial charge in [-0.1, -0.05) is 0 Å². The third-order valence-corrected chi connectivity index (χ3v) is 6.32. The topological polar surface area (TPSA) is 68.2 Å². The molecule has 6 nitrogen and oxygen atoms in total. The number of aryl methyl sites for hydroxylation is 1. The quantitative estimate of drug-likeness (QED) is 0.876. The Kier molecular flexibility index (Phi) is 4.62. The van der Waals surface area contributed by atoms with Gasteiger partial charge >= 0.3 is 0 Å². The van der Waals surface area contributed by atoms with E-state index in [-0.39, 0.29) is 11.5 Å². The summed E-state index contributed by atoms with van der Waals surface area (Å²) in [5.74, 6) is -0.0190. The van der Waals surface area contributed by atoms with Crippen LogP contribution in [0.3, 0.4) is 0 Å². The monoisotopic (exact) mass is 360 g/mol. The second-order valence-electron chi connectivity index (χ2n) is 6.67. The average Bonchev–Trinajstić information content (AvgIpc) is 3.28. The molecule has 0 atom stereocenters. The number of rotatable bonds is 4. The minimum atomic E-state index is -0.187. The first kappa shape index (κ1) is 16.8. The Morgan fingerprint density at radius 1 is 1.48 bits per heavy atom. The third-order valence-electron chi connectivity index (χ3n) is 5.12. The first-order valence-corrected chi connectivity index (χ1v) is 9.78. The molecule has 2 aliphatic heterocycles. The summed E-state index contributed by atoms with van der Waals surface area (Å²) in [7, 11) is 0. The highest BCUT2D eigenvalue weighted by molar-refractivity contribution is 7.14. The van der Waals surface area contributed by atoms with E-state index in [9.17, 15) is 4.79 Å². The molecule has 134 valence electrons. The molecule has 2 N–H and O–H groups in total. The third kappa shape index (κ3) is 3.23. The lowest BCUT2D eigenvalue weighted by Crippen LogP contribution is -2.44. The predicted octanol–water partition coefficient (Wildman–Crippen LogP) is 2.05. The zero-order valence-electron chi connectivity index (χ0n) is 14.5. The van der Waals surface area contributed by atoms with Crippen molar-refractivity contribution in [3.8, 4) is 0 Å². The molecule has 0 unspecified atom stereocenters. The van der Waals surface area contributed by atoms with Gasteiger partial charge in [0.25, 0.3) is 5.91 Å². The van der Waals surface area contributed by atoms with E-state index in [1.807, 2.05) is 10.8 Å². The van der Waals surface area contributed by atoms with E-state index in [0.717, 1.165) is 56.1 Å². The number of carbonyl (C=O) groups is 1. The average molecular weight is 360 g/mol. The molecule has 7 heteroatoms. The van der Waals surface area contributed by atoms with Gasteiger partial charge in [-0.3, -0.25) is 4.79 Å². The molecule has 0 bridgehead atoms. The van der Waals surface area contributed by atoms with E-state index in [1.165, 1.54) is 10.4 Å². The zero-order valence-corrected chi connectivity index (χ0v) is 15.3. The molecule has 0 saturated carbocycles. The van der Waals surface area contributed by atoms with Gasteiger partial charge in [0.1, 0.15) is 0 Å². The summed E-state index contributed by atoms with van der Waals surface area (Å²) < 4.78 is 8.20. The Labute approximate surface area is 151 Å². The van der Waals surface area contributed by atoms with Crippen molar-refractivity contribution < 1.29 is 9.53 Å². The van der Waals surface area contributed by atoms with Gasteiger partial charge in [-0.15, -0.1) is 11.3 Å². The van der Waals surface area contributed by atoms with Crippen LogP contribution in [0, 0.1) is 0 Å². The van der Waals surface area contributed by atoms with Crippen LogP contribution in [0.4, 0.5) is 0 Å². The molecule has 2 aromatic rings. The molecular formula is C18H24N4O2S. The molecular weight excluding hydrogens is 336 g/mol. The Morgan fingerprint density at radius 3 is 3.08 bits per heavy atom. The van der Waals surface area contributed by atoms with Crippen LogP contribution in [0.5, 0.6) is 0 Å². The number of piperidine rings is 1. The summed E-state index contributed by atoms with van der Waals surface area (Å²) >= 11 is 1.62. The van der Waals surface area contributed by atoms with Gasteiger partial charge in [0.05, 0.1) is 35.7 Å². The zero-order chi connectivity index (χ0) is 17.3. The second-order valence-corrected chi connectivity index (χ2v) is 7.81. The number of carbonyl (C=O) groups excluding carboxylic acids is 1. The fraction of sp³-hybridized carbons (Fsp3) is 0.556. The lowest BCUT2D eigenvalue weighted by atomic mass is 9.83. The molecule has 0 aliphatic carbocycles. The standard InChI is InChI=1S/C18H24N4O2S/c1-2-22-11-13(21-12-22)10-20-17(23)16-9-14-15(25-16)3-8-24-18(14)4-6-19-7-5-18/h9,11-12,19H,2-8,10H2,1H3,(H,20,23). The lowest BCUT2D eigenvalue weighted by molar-refractivity contribution is -0.0792. The Morgan fingerprint density at radius 2 is 2.32 bits per heavy atom. The fourth-order valence-electron chi connectivity index (χ4n) is 3.70. The van der Waals surface area contributed by atoms with Gasteiger partial charge < -0.3 is 19.9 Å². The van der Waals surface area contributed by atoms with Crippen LogP contribution in [0.1, 0.15) is 45.6 Å². The van der Waals surface area contributed by atoms with E-state index in [2.05, 4.69) is 28.6 Å². The van der Waals surface area contributed by atoms with Crippen molar-refractivity contribution >= 4 is 17.2 Å². The maximum Gasteiger partial charge on any atom is 0.261 e. The van der Waals surface area contributed by atoms with E-state index in [0.29, 0.717) is 6.54 Å². The molecule has 2 aromatic heterocycles. The molecule has 2 aliphatic rings. The minimum absolute atomic E-state index is 0.0190. The van der Waals surface area contributed by atoms with E-state index < -0.39 is 0 Å². The van der Waals surface area contributed by atoms with Crippen LogP contribution in [-0.4, -0.2) is 35.2 Å². The van der Waals surface area contributed by atoms with Crippen LogP contribution in [-0.2, 0) is 29.8 Å². The van der Waals surface area contributed by atoms with Crippen molar-refractivity contribution in [2.45, 2.75) is 44.9 Å². The fourth-order valence-corrected chi connectivity index (χ4v) is 4.85. The highest BCUT2D eigenvalue weighted by Crippen LogP contribution is 2.43. The first-order valence-electron chi connectivity index (χ1n) is 8.97.